The maximum absolute atomic E-state index is 12.7. The van der Waals surface area contributed by atoms with Crippen molar-refractivity contribution >= 4 is 51.4 Å². The zero-order chi connectivity index (χ0) is 19.6. The van der Waals surface area contributed by atoms with Gasteiger partial charge in [-0.05, 0) is 63.3 Å². The monoisotopic (exact) mass is 425 g/mol. The number of thiophene rings is 1. The van der Waals surface area contributed by atoms with E-state index in [1.807, 2.05) is 13.8 Å². The largest absolute Gasteiger partial charge is 0.459 e. The lowest BCUT2D eigenvalue weighted by Gasteiger charge is -2.12. The summed E-state index contributed by atoms with van der Waals surface area (Å²) in [7, 11) is 0. The minimum atomic E-state index is -0.387. The van der Waals surface area contributed by atoms with E-state index < -0.39 is 0 Å². The third kappa shape index (κ3) is 4.65. The summed E-state index contributed by atoms with van der Waals surface area (Å²) in [5.41, 5.74) is 1.82. The molecule has 0 spiro atoms. The Morgan fingerprint density at radius 2 is 1.89 bits per heavy atom. The summed E-state index contributed by atoms with van der Waals surface area (Å²) in [6.45, 7) is 3.63. The molecule has 1 amide bonds. The third-order valence-corrected chi connectivity index (χ3v) is 6.13. The lowest BCUT2D eigenvalue weighted by atomic mass is 10.1. The second kappa shape index (κ2) is 8.63. The number of amides is 1. The Bertz CT molecular complexity index is 876. The van der Waals surface area contributed by atoms with Crippen LogP contribution < -0.4 is 5.32 Å². The van der Waals surface area contributed by atoms with Crippen molar-refractivity contribution in [2.75, 3.05) is 5.32 Å². The Labute approximate surface area is 172 Å². The van der Waals surface area contributed by atoms with Crippen LogP contribution in [0.3, 0.4) is 0 Å². The first kappa shape index (κ1) is 20.2. The Balaban J connectivity index is 1.96. The van der Waals surface area contributed by atoms with E-state index in [4.69, 9.17) is 27.9 Å². The van der Waals surface area contributed by atoms with Gasteiger partial charge >= 0.3 is 5.97 Å². The minimum absolute atomic E-state index is 0.229. The number of carbonyl (C=O) groups is 2. The van der Waals surface area contributed by atoms with Gasteiger partial charge in [-0.2, -0.15) is 0 Å². The molecule has 0 unspecified atom stereocenters. The zero-order valence-electron chi connectivity index (χ0n) is 15.2. The van der Waals surface area contributed by atoms with E-state index in [0.29, 0.717) is 21.2 Å². The molecule has 0 radical (unpaired) electrons. The third-order valence-electron chi connectivity index (χ3n) is 4.37. The van der Waals surface area contributed by atoms with E-state index in [9.17, 15) is 9.59 Å². The standard InChI is InChI=1S/C20H21Cl2NO3S/c1-11(2)26-20(25)17-14-6-4-3-5-7-16(14)27-19(17)23-18(24)13-9-8-12(21)10-15(13)22/h8-11H,3-7H2,1-2H3,(H,23,24). The van der Waals surface area contributed by atoms with Crippen molar-refractivity contribution in [3.05, 3.63) is 49.8 Å². The molecule has 0 fully saturated rings. The topological polar surface area (TPSA) is 55.4 Å². The molecule has 7 heteroatoms. The van der Waals surface area contributed by atoms with E-state index in [-0.39, 0.29) is 23.0 Å². The first-order chi connectivity index (χ1) is 12.9. The predicted molar refractivity (Wildman–Crippen MR) is 111 cm³/mol. The fraction of sp³-hybridized carbons (Fsp3) is 0.400. The van der Waals surface area contributed by atoms with Crippen molar-refractivity contribution in [2.24, 2.45) is 0 Å². The van der Waals surface area contributed by atoms with Crippen LogP contribution in [0.4, 0.5) is 5.00 Å². The Morgan fingerprint density at radius 3 is 2.59 bits per heavy atom. The Kier molecular flexibility index (Phi) is 6.45. The van der Waals surface area contributed by atoms with Gasteiger partial charge in [-0.3, -0.25) is 4.79 Å². The molecular formula is C20H21Cl2NO3S. The molecule has 1 aromatic heterocycles. The van der Waals surface area contributed by atoms with E-state index in [1.165, 1.54) is 17.4 Å². The molecule has 0 saturated heterocycles. The molecule has 0 saturated carbocycles. The van der Waals surface area contributed by atoms with Gasteiger partial charge in [0, 0.05) is 9.90 Å². The highest BCUT2D eigenvalue weighted by molar-refractivity contribution is 7.17. The number of aryl methyl sites for hydroxylation is 1. The lowest BCUT2D eigenvalue weighted by molar-refractivity contribution is 0.0378. The van der Waals surface area contributed by atoms with Crippen molar-refractivity contribution < 1.29 is 14.3 Å². The lowest BCUT2D eigenvalue weighted by Crippen LogP contribution is -2.17. The average Bonchev–Trinajstić information content (AvgIpc) is 2.75. The Hall–Kier alpha value is -1.56. The minimum Gasteiger partial charge on any atom is -0.459 e. The van der Waals surface area contributed by atoms with Gasteiger partial charge in [-0.1, -0.05) is 29.6 Å². The fourth-order valence-electron chi connectivity index (χ4n) is 3.16. The smallest absolute Gasteiger partial charge is 0.341 e. The summed E-state index contributed by atoms with van der Waals surface area (Å²) in [5.74, 6) is -0.756. The number of hydrogen-bond acceptors (Lipinski definition) is 4. The van der Waals surface area contributed by atoms with Crippen LogP contribution in [0.1, 0.15) is 64.3 Å². The molecule has 0 atom stereocenters. The summed E-state index contributed by atoms with van der Waals surface area (Å²) in [4.78, 5) is 26.6. The normalized spacial score (nSPS) is 13.8. The Morgan fingerprint density at radius 1 is 1.15 bits per heavy atom. The molecule has 3 rings (SSSR count). The van der Waals surface area contributed by atoms with Crippen molar-refractivity contribution in [1.29, 1.82) is 0 Å². The van der Waals surface area contributed by atoms with Gasteiger partial charge in [-0.25, -0.2) is 4.79 Å². The van der Waals surface area contributed by atoms with E-state index in [0.717, 1.165) is 42.5 Å². The second-order valence-corrected chi connectivity index (χ2v) is 8.75. The van der Waals surface area contributed by atoms with Crippen LogP contribution in [-0.2, 0) is 17.6 Å². The molecule has 4 nitrogen and oxygen atoms in total. The number of anilines is 1. The number of esters is 1. The maximum atomic E-state index is 12.7. The number of ether oxygens (including phenoxy) is 1. The first-order valence-corrected chi connectivity index (χ1v) is 10.6. The predicted octanol–water partition coefficient (Wildman–Crippen LogP) is 6.14. The molecular weight excluding hydrogens is 405 g/mol. The van der Waals surface area contributed by atoms with Gasteiger partial charge in [0.1, 0.15) is 5.00 Å². The fourth-order valence-corrected chi connectivity index (χ4v) is 4.93. The van der Waals surface area contributed by atoms with Crippen LogP contribution in [0.25, 0.3) is 0 Å². The van der Waals surface area contributed by atoms with Crippen molar-refractivity contribution in [3.63, 3.8) is 0 Å². The van der Waals surface area contributed by atoms with Crippen LogP contribution >= 0.6 is 34.5 Å². The highest BCUT2D eigenvalue weighted by atomic mass is 35.5. The van der Waals surface area contributed by atoms with Gasteiger partial charge in [0.15, 0.2) is 0 Å². The van der Waals surface area contributed by atoms with Gasteiger partial charge in [0.05, 0.1) is 22.3 Å². The van der Waals surface area contributed by atoms with Crippen LogP contribution in [0.5, 0.6) is 0 Å². The summed E-state index contributed by atoms with van der Waals surface area (Å²) < 4.78 is 5.44. The summed E-state index contributed by atoms with van der Waals surface area (Å²) in [6, 6.07) is 4.71. The van der Waals surface area contributed by atoms with Crippen LogP contribution in [-0.4, -0.2) is 18.0 Å². The SMILES string of the molecule is CC(C)OC(=O)c1c(NC(=O)c2ccc(Cl)cc2Cl)sc2c1CCCCC2. The number of nitrogens with one attached hydrogen (secondary N) is 1. The molecule has 144 valence electrons. The number of fused-ring (bicyclic) bond motifs is 1. The van der Waals surface area contributed by atoms with Crippen molar-refractivity contribution in [3.8, 4) is 0 Å². The summed E-state index contributed by atoms with van der Waals surface area (Å²) in [5, 5.41) is 4.13. The highest BCUT2D eigenvalue weighted by Crippen LogP contribution is 2.38. The van der Waals surface area contributed by atoms with Gasteiger partial charge in [-0.15, -0.1) is 11.3 Å². The zero-order valence-corrected chi connectivity index (χ0v) is 17.6. The van der Waals surface area contributed by atoms with Crippen LogP contribution in [0.15, 0.2) is 18.2 Å². The van der Waals surface area contributed by atoms with Gasteiger partial charge < -0.3 is 10.1 Å². The van der Waals surface area contributed by atoms with Crippen LogP contribution in [0, 0.1) is 0 Å². The average molecular weight is 426 g/mol. The molecule has 1 aromatic carbocycles. The number of benzene rings is 1. The molecule has 1 heterocycles. The molecule has 0 aliphatic heterocycles. The molecule has 27 heavy (non-hydrogen) atoms. The molecule has 1 N–H and O–H groups in total. The number of carbonyl (C=O) groups excluding carboxylic acids is 2. The van der Waals surface area contributed by atoms with Crippen molar-refractivity contribution in [1.82, 2.24) is 0 Å². The van der Waals surface area contributed by atoms with Gasteiger partial charge in [0.25, 0.3) is 5.91 Å². The molecule has 1 aliphatic carbocycles. The molecule has 0 bridgehead atoms. The van der Waals surface area contributed by atoms with E-state index >= 15 is 0 Å². The number of rotatable bonds is 4. The molecule has 1 aliphatic rings. The van der Waals surface area contributed by atoms with Crippen molar-refractivity contribution in [2.45, 2.75) is 52.1 Å². The number of halogens is 2. The van der Waals surface area contributed by atoms with Gasteiger partial charge in [0.2, 0.25) is 0 Å². The highest BCUT2D eigenvalue weighted by Gasteiger charge is 2.27. The van der Waals surface area contributed by atoms with E-state index in [1.54, 1.807) is 12.1 Å². The maximum Gasteiger partial charge on any atom is 0.341 e. The summed E-state index contributed by atoms with van der Waals surface area (Å²) in [6.07, 6.45) is 4.77. The second-order valence-electron chi connectivity index (χ2n) is 6.80. The van der Waals surface area contributed by atoms with E-state index in [2.05, 4.69) is 5.32 Å². The number of hydrogen-bond donors (Lipinski definition) is 1. The summed E-state index contributed by atoms with van der Waals surface area (Å²) >= 11 is 13.5. The quantitative estimate of drug-likeness (QED) is 0.472. The first-order valence-electron chi connectivity index (χ1n) is 8.98. The molecule has 2 aromatic rings. The van der Waals surface area contributed by atoms with Crippen LogP contribution in [0.2, 0.25) is 10.0 Å².